The van der Waals surface area contributed by atoms with Crippen LogP contribution >= 0.6 is 11.6 Å². The summed E-state index contributed by atoms with van der Waals surface area (Å²) < 4.78 is 38.3. The Kier molecular flexibility index (Phi) is 10.3. The highest BCUT2D eigenvalue weighted by Crippen LogP contribution is 2.35. The summed E-state index contributed by atoms with van der Waals surface area (Å²) in [4.78, 5) is 29.3. The van der Waals surface area contributed by atoms with Crippen molar-refractivity contribution in [3.8, 4) is 11.5 Å². The number of nitrogens with zero attached hydrogens (tertiary/aromatic N) is 2. The molecule has 0 saturated carbocycles. The van der Waals surface area contributed by atoms with Crippen molar-refractivity contribution in [3.63, 3.8) is 0 Å². The van der Waals surface area contributed by atoms with Crippen LogP contribution in [-0.2, 0) is 32.6 Å². The van der Waals surface area contributed by atoms with Gasteiger partial charge in [0.05, 0.1) is 11.9 Å². The number of carbonyl (C=O) groups excluding carboxylic acids is 2. The quantitative estimate of drug-likeness (QED) is 0.327. The molecular formula is C31H36ClN3O6S. The molecule has 2 amide bonds. The molecule has 3 aromatic carbocycles. The Hall–Kier alpha value is -3.76. The maximum Gasteiger partial charge on any atom is 0.244 e. The molecule has 1 aliphatic heterocycles. The van der Waals surface area contributed by atoms with E-state index in [0.717, 1.165) is 16.1 Å². The zero-order valence-electron chi connectivity index (χ0n) is 24.0. The number of sulfonamides is 1. The molecule has 1 heterocycles. The number of fused-ring (bicyclic) bond motifs is 1. The first-order chi connectivity index (χ1) is 20.0. The van der Waals surface area contributed by atoms with Crippen LogP contribution in [-0.4, -0.2) is 63.7 Å². The van der Waals surface area contributed by atoms with Crippen LogP contribution in [0, 0.1) is 5.92 Å². The van der Waals surface area contributed by atoms with Gasteiger partial charge >= 0.3 is 0 Å². The Morgan fingerprint density at radius 2 is 1.62 bits per heavy atom. The van der Waals surface area contributed by atoms with Crippen LogP contribution in [0.25, 0.3) is 0 Å². The third-order valence-electron chi connectivity index (χ3n) is 6.69. The van der Waals surface area contributed by atoms with E-state index >= 15 is 0 Å². The Balaban J connectivity index is 1.72. The van der Waals surface area contributed by atoms with E-state index < -0.39 is 28.5 Å². The Labute approximate surface area is 252 Å². The van der Waals surface area contributed by atoms with Crippen molar-refractivity contribution in [2.75, 3.05) is 36.9 Å². The average molecular weight is 614 g/mol. The van der Waals surface area contributed by atoms with Crippen molar-refractivity contribution < 1.29 is 27.5 Å². The molecule has 1 N–H and O–H groups in total. The van der Waals surface area contributed by atoms with Gasteiger partial charge in [0.2, 0.25) is 21.8 Å². The first-order valence-corrected chi connectivity index (χ1v) is 16.0. The second-order valence-electron chi connectivity index (χ2n) is 10.6. The molecule has 11 heteroatoms. The van der Waals surface area contributed by atoms with Gasteiger partial charge in [-0.2, -0.15) is 0 Å². The first kappa shape index (κ1) is 31.2. The lowest BCUT2D eigenvalue weighted by molar-refractivity contribution is -0.140. The number of halogens is 1. The van der Waals surface area contributed by atoms with Crippen molar-refractivity contribution in [1.82, 2.24) is 10.2 Å². The summed E-state index contributed by atoms with van der Waals surface area (Å²) >= 11 is 6.25. The summed E-state index contributed by atoms with van der Waals surface area (Å²) in [5, 5.41) is 3.45. The van der Waals surface area contributed by atoms with E-state index in [0.29, 0.717) is 41.8 Å². The molecule has 3 aromatic rings. The molecule has 0 radical (unpaired) electrons. The fraction of sp³-hybridized carbons (Fsp3) is 0.355. The molecule has 1 aliphatic rings. The summed E-state index contributed by atoms with van der Waals surface area (Å²) in [6, 6.07) is 20.2. The summed E-state index contributed by atoms with van der Waals surface area (Å²) in [6.07, 6.45) is 1.27. The highest BCUT2D eigenvalue weighted by molar-refractivity contribution is 7.92. The van der Waals surface area contributed by atoms with E-state index in [-0.39, 0.29) is 30.5 Å². The lowest BCUT2D eigenvalue weighted by Gasteiger charge is -2.34. The molecule has 0 bridgehead atoms. The van der Waals surface area contributed by atoms with E-state index in [1.807, 2.05) is 50.2 Å². The molecule has 0 saturated heterocycles. The van der Waals surface area contributed by atoms with Crippen LogP contribution in [0.3, 0.4) is 0 Å². The van der Waals surface area contributed by atoms with E-state index in [4.69, 9.17) is 21.1 Å². The zero-order valence-corrected chi connectivity index (χ0v) is 25.5. The molecule has 0 aromatic heterocycles. The van der Waals surface area contributed by atoms with Gasteiger partial charge in [-0.15, -0.1) is 0 Å². The number of hydrogen-bond donors (Lipinski definition) is 1. The monoisotopic (exact) mass is 613 g/mol. The molecule has 0 aliphatic carbocycles. The molecule has 9 nitrogen and oxygen atoms in total. The standard InChI is InChI=1S/C31H36ClN3O6S/c1-22(2)19-33-31(37)27(17-23-8-5-4-6-9-23)34(20-24-10-7-11-25(32)16-24)30(36)21-35(42(3,38)39)26-12-13-28-29(18-26)41-15-14-40-28/h4-13,16,18,22,27H,14-15,17,19-21H2,1-3H3,(H,33,37)/t27-/m0/s1. The fourth-order valence-electron chi connectivity index (χ4n) is 4.61. The number of carbonyl (C=O) groups is 2. The van der Waals surface area contributed by atoms with Crippen molar-refractivity contribution in [2.45, 2.75) is 32.9 Å². The largest absolute Gasteiger partial charge is 0.486 e. The third-order valence-corrected chi connectivity index (χ3v) is 8.07. The molecule has 224 valence electrons. The van der Waals surface area contributed by atoms with Gasteiger partial charge in [0.1, 0.15) is 25.8 Å². The number of hydrogen-bond acceptors (Lipinski definition) is 6. The Morgan fingerprint density at radius 1 is 0.929 bits per heavy atom. The van der Waals surface area contributed by atoms with E-state index in [9.17, 15) is 18.0 Å². The maximum atomic E-state index is 14.2. The minimum atomic E-state index is -3.91. The number of anilines is 1. The van der Waals surface area contributed by atoms with Crippen LogP contribution in [0.15, 0.2) is 72.8 Å². The topological polar surface area (TPSA) is 105 Å². The molecule has 4 rings (SSSR count). The maximum absolute atomic E-state index is 14.2. The predicted octanol–water partition coefficient (Wildman–Crippen LogP) is 4.29. The van der Waals surface area contributed by atoms with Gasteiger partial charge in [-0.25, -0.2) is 8.42 Å². The van der Waals surface area contributed by atoms with Crippen molar-refractivity contribution in [2.24, 2.45) is 5.92 Å². The van der Waals surface area contributed by atoms with E-state index in [1.54, 1.807) is 36.4 Å². The summed E-state index contributed by atoms with van der Waals surface area (Å²) in [6.45, 7) is 4.63. The van der Waals surface area contributed by atoms with Gasteiger partial charge in [-0.1, -0.05) is 67.9 Å². The second kappa shape index (κ2) is 13.9. The molecule has 42 heavy (non-hydrogen) atoms. The Bertz CT molecular complexity index is 1500. The minimum absolute atomic E-state index is 0.0464. The number of ether oxygens (including phenoxy) is 2. The SMILES string of the molecule is CC(C)CNC(=O)[C@H](Cc1ccccc1)N(Cc1cccc(Cl)c1)C(=O)CN(c1ccc2c(c1)OCCO2)S(C)(=O)=O. The lowest BCUT2D eigenvalue weighted by Crippen LogP contribution is -2.53. The highest BCUT2D eigenvalue weighted by atomic mass is 35.5. The molecule has 0 unspecified atom stereocenters. The van der Waals surface area contributed by atoms with Gasteiger partial charge < -0.3 is 19.7 Å². The fourth-order valence-corrected chi connectivity index (χ4v) is 5.66. The molecule has 1 atom stereocenters. The summed E-state index contributed by atoms with van der Waals surface area (Å²) in [7, 11) is -3.91. The third kappa shape index (κ3) is 8.39. The van der Waals surface area contributed by atoms with Gasteiger partial charge in [0.15, 0.2) is 11.5 Å². The predicted molar refractivity (Wildman–Crippen MR) is 163 cm³/mol. The molecule has 0 spiro atoms. The van der Waals surface area contributed by atoms with Gasteiger partial charge in [0, 0.05) is 30.6 Å². The second-order valence-corrected chi connectivity index (χ2v) is 12.9. The van der Waals surface area contributed by atoms with E-state index in [2.05, 4.69) is 5.32 Å². The van der Waals surface area contributed by atoms with Crippen LogP contribution in [0.1, 0.15) is 25.0 Å². The number of nitrogens with one attached hydrogen (secondary N) is 1. The van der Waals surface area contributed by atoms with Gasteiger partial charge in [-0.05, 0) is 41.3 Å². The minimum Gasteiger partial charge on any atom is -0.486 e. The smallest absolute Gasteiger partial charge is 0.244 e. The molecular weight excluding hydrogens is 578 g/mol. The lowest BCUT2D eigenvalue weighted by atomic mass is 10.0. The summed E-state index contributed by atoms with van der Waals surface area (Å²) in [5.74, 6) is 0.214. The van der Waals surface area contributed by atoms with Crippen LogP contribution in [0.5, 0.6) is 11.5 Å². The highest BCUT2D eigenvalue weighted by Gasteiger charge is 2.33. The van der Waals surface area contributed by atoms with Crippen molar-refractivity contribution >= 4 is 39.1 Å². The van der Waals surface area contributed by atoms with E-state index in [1.165, 1.54) is 4.90 Å². The molecule has 0 fully saturated rings. The number of rotatable bonds is 12. The van der Waals surface area contributed by atoms with Crippen molar-refractivity contribution in [3.05, 3.63) is 88.9 Å². The average Bonchev–Trinajstić information content (AvgIpc) is 2.96. The van der Waals surface area contributed by atoms with Crippen molar-refractivity contribution in [1.29, 1.82) is 0 Å². The normalized spacial score (nSPS) is 13.4. The Morgan fingerprint density at radius 3 is 2.29 bits per heavy atom. The van der Waals surface area contributed by atoms with Gasteiger partial charge in [0.25, 0.3) is 0 Å². The summed E-state index contributed by atoms with van der Waals surface area (Å²) in [5.41, 5.74) is 1.82. The number of amides is 2. The zero-order chi connectivity index (χ0) is 30.3. The van der Waals surface area contributed by atoms with Crippen LogP contribution in [0.2, 0.25) is 5.02 Å². The van der Waals surface area contributed by atoms with Crippen LogP contribution < -0.4 is 19.1 Å². The first-order valence-electron chi connectivity index (χ1n) is 13.7. The van der Waals surface area contributed by atoms with Crippen LogP contribution in [0.4, 0.5) is 5.69 Å². The number of benzene rings is 3. The van der Waals surface area contributed by atoms with Gasteiger partial charge in [-0.3, -0.25) is 13.9 Å².